The van der Waals surface area contributed by atoms with Gasteiger partial charge in [-0.05, 0) is 18.2 Å². The van der Waals surface area contributed by atoms with Gasteiger partial charge in [0.15, 0.2) is 0 Å². The van der Waals surface area contributed by atoms with Crippen molar-refractivity contribution in [3.63, 3.8) is 0 Å². The lowest BCUT2D eigenvalue weighted by molar-refractivity contribution is 0.725. The average Bonchev–Trinajstić information content (AvgIpc) is 2.28. The van der Waals surface area contributed by atoms with Gasteiger partial charge in [-0.15, -0.1) is 6.58 Å². The number of nitrogens with zero attached hydrogens (tertiary/aromatic N) is 2. The summed E-state index contributed by atoms with van der Waals surface area (Å²) in [6, 6.07) is 2.01. The topological polar surface area (TPSA) is 28.2 Å². The van der Waals surface area contributed by atoms with Crippen LogP contribution in [0.4, 0.5) is 5.82 Å². The van der Waals surface area contributed by atoms with Gasteiger partial charge in [0, 0.05) is 26.3 Å². The summed E-state index contributed by atoms with van der Waals surface area (Å²) in [6.07, 6.45) is 3.55. The van der Waals surface area contributed by atoms with Crippen LogP contribution in [0.5, 0.6) is 0 Å². The van der Waals surface area contributed by atoms with Gasteiger partial charge in [-0.2, -0.15) is 0 Å². The number of rotatable bonds is 6. The van der Waals surface area contributed by atoms with Gasteiger partial charge in [-0.25, -0.2) is 4.98 Å². The molecule has 1 aromatic rings. The summed E-state index contributed by atoms with van der Waals surface area (Å²) in [4.78, 5) is 6.31. The number of halogens is 1. The van der Waals surface area contributed by atoms with E-state index in [0.29, 0.717) is 5.02 Å². The molecule has 1 rings (SSSR count). The van der Waals surface area contributed by atoms with E-state index in [-0.39, 0.29) is 0 Å². The third kappa shape index (κ3) is 3.51. The smallest absolute Gasteiger partial charge is 0.128 e. The lowest BCUT2D eigenvalue weighted by Gasteiger charge is -2.17. The second-order valence-electron chi connectivity index (χ2n) is 3.58. The maximum Gasteiger partial charge on any atom is 0.128 e. The van der Waals surface area contributed by atoms with Gasteiger partial charge in [-0.1, -0.05) is 24.6 Å². The largest absolute Gasteiger partial charge is 0.356 e. The first kappa shape index (κ1) is 13.0. The Morgan fingerprint density at radius 1 is 1.62 bits per heavy atom. The quantitative estimate of drug-likeness (QED) is 0.773. The fraction of sp³-hybridized carbons (Fsp3) is 0.417. The number of likely N-dealkylation sites (N-methyl/N-ethyl adjacent to an activating group) is 1. The number of nitrogens with one attached hydrogen (secondary N) is 1. The molecular weight excluding hydrogens is 222 g/mol. The van der Waals surface area contributed by atoms with Crippen molar-refractivity contribution in [3.05, 3.63) is 35.5 Å². The second kappa shape index (κ2) is 6.51. The minimum atomic E-state index is 0.705. The Hall–Kier alpha value is -1.06. The average molecular weight is 240 g/mol. The Balaban J connectivity index is 2.83. The molecule has 3 nitrogen and oxygen atoms in total. The fourth-order valence-electron chi connectivity index (χ4n) is 1.36. The van der Waals surface area contributed by atoms with E-state index in [1.165, 1.54) is 0 Å². The monoisotopic (exact) mass is 239 g/mol. The molecule has 0 atom stereocenters. The molecule has 0 unspecified atom stereocenters. The molecule has 0 aromatic carbocycles. The Labute approximate surface area is 102 Å². The van der Waals surface area contributed by atoms with E-state index < -0.39 is 0 Å². The fourth-order valence-corrected chi connectivity index (χ4v) is 1.53. The molecule has 0 saturated carbocycles. The predicted molar refractivity (Wildman–Crippen MR) is 70.1 cm³/mol. The number of hydrogen-bond acceptors (Lipinski definition) is 3. The molecule has 0 aliphatic heterocycles. The molecule has 0 aliphatic carbocycles. The van der Waals surface area contributed by atoms with E-state index in [1.807, 2.05) is 24.1 Å². The van der Waals surface area contributed by atoms with Gasteiger partial charge in [0.05, 0.1) is 5.02 Å². The number of anilines is 1. The zero-order valence-electron chi connectivity index (χ0n) is 9.83. The zero-order valence-corrected chi connectivity index (χ0v) is 10.6. The number of pyridine rings is 1. The van der Waals surface area contributed by atoms with Crippen molar-refractivity contribution < 1.29 is 0 Å². The van der Waals surface area contributed by atoms with E-state index >= 15 is 0 Å². The van der Waals surface area contributed by atoms with Crippen molar-refractivity contribution in [2.75, 3.05) is 25.0 Å². The molecule has 88 valence electrons. The van der Waals surface area contributed by atoms with Crippen molar-refractivity contribution in [1.29, 1.82) is 0 Å². The molecule has 1 heterocycles. The van der Waals surface area contributed by atoms with Crippen LogP contribution in [-0.2, 0) is 6.54 Å². The lowest BCUT2D eigenvalue weighted by atomic mass is 10.2. The van der Waals surface area contributed by atoms with Gasteiger partial charge < -0.3 is 10.2 Å². The normalized spacial score (nSPS) is 10.2. The molecule has 0 radical (unpaired) electrons. The van der Waals surface area contributed by atoms with Gasteiger partial charge in [0.25, 0.3) is 0 Å². The molecule has 0 bridgehead atoms. The van der Waals surface area contributed by atoms with Crippen LogP contribution in [0.25, 0.3) is 0 Å². The van der Waals surface area contributed by atoms with E-state index in [1.54, 1.807) is 6.20 Å². The van der Waals surface area contributed by atoms with Crippen LogP contribution < -0.4 is 10.2 Å². The standard InChI is InChI=1S/C12H18ClN3/c1-4-6-16(3)12-7-10(8-14-5-2)11(13)9-15-12/h4,7,9,14H,1,5-6,8H2,2-3H3. The first-order valence-electron chi connectivity index (χ1n) is 5.36. The van der Waals surface area contributed by atoms with Crippen LogP contribution in [0, 0.1) is 0 Å². The first-order chi connectivity index (χ1) is 7.69. The molecule has 1 aromatic heterocycles. The highest BCUT2D eigenvalue weighted by atomic mass is 35.5. The summed E-state index contributed by atoms with van der Waals surface area (Å²) in [5, 5.41) is 3.96. The van der Waals surface area contributed by atoms with E-state index in [0.717, 1.165) is 31.0 Å². The molecular formula is C12H18ClN3. The van der Waals surface area contributed by atoms with Crippen LogP contribution in [-0.4, -0.2) is 25.1 Å². The van der Waals surface area contributed by atoms with Crippen LogP contribution in [0.1, 0.15) is 12.5 Å². The van der Waals surface area contributed by atoms with Gasteiger partial charge in [0.1, 0.15) is 5.82 Å². The van der Waals surface area contributed by atoms with Crippen molar-refractivity contribution in [1.82, 2.24) is 10.3 Å². The van der Waals surface area contributed by atoms with Crippen molar-refractivity contribution in [2.45, 2.75) is 13.5 Å². The predicted octanol–water partition coefficient (Wildman–Crippen LogP) is 2.47. The van der Waals surface area contributed by atoms with E-state index in [4.69, 9.17) is 11.6 Å². The summed E-state index contributed by atoms with van der Waals surface area (Å²) in [7, 11) is 1.98. The minimum absolute atomic E-state index is 0.705. The SMILES string of the molecule is C=CCN(C)c1cc(CNCC)c(Cl)cn1. The van der Waals surface area contributed by atoms with Crippen LogP contribution in [0.2, 0.25) is 5.02 Å². The molecule has 1 N–H and O–H groups in total. The Bertz CT molecular complexity index is 352. The van der Waals surface area contributed by atoms with E-state index in [9.17, 15) is 0 Å². The van der Waals surface area contributed by atoms with Crippen molar-refractivity contribution in [3.8, 4) is 0 Å². The minimum Gasteiger partial charge on any atom is -0.356 e. The Kier molecular flexibility index (Phi) is 5.29. The summed E-state index contributed by atoms with van der Waals surface area (Å²) in [5.74, 6) is 0.914. The molecule has 0 saturated heterocycles. The zero-order chi connectivity index (χ0) is 12.0. The summed E-state index contributed by atoms with van der Waals surface area (Å²) in [5.41, 5.74) is 1.07. The van der Waals surface area contributed by atoms with Crippen LogP contribution in [0.15, 0.2) is 24.9 Å². The van der Waals surface area contributed by atoms with Crippen LogP contribution >= 0.6 is 11.6 Å². The number of aromatic nitrogens is 1. The molecule has 0 aliphatic rings. The highest BCUT2D eigenvalue weighted by Crippen LogP contribution is 2.19. The highest BCUT2D eigenvalue weighted by molar-refractivity contribution is 6.31. The Morgan fingerprint density at radius 3 is 3.00 bits per heavy atom. The van der Waals surface area contributed by atoms with E-state index in [2.05, 4.69) is 23.8 Å². The lowest BCUT2D eigenvalue weighted by Crippen LogP contribution is -2.19. The van der Waals surface area contributed by atoms with Gasteiger partial charge >= 0.3 is 0 Å². The highest BCUT2D eigenvalue weighted by Gasteiger charge is 2.05. The first-order valence-corrected chi connectivity index (χ1v) is 5.74. The maximum absolute atomic E-state index is 6.07. The van der Waals surface area contributed by atoms with Gasteiger partial charge in [0.2, 0.25) is 0 Å². The maximum atomic E-state index is 6.07. The Morgan fingerprint density at radius 2 is 2.38 bits per heavy atom. The van der Waals surface area contributed by atoms with Crippen molar-refractivity contribution in [2.24, 2.45) is 0 Å². The summed E-state index contributed by atoms with van der Waals surface area (Å²) >= 11 is 6.07. The molecule has 0 spiro atoms. The molecule has 0 amide bonds. The molecule has 0 fully saturated rings. The summed E-state index contributed by atoms with van der Waals surface area (Å²) in [6.45, 7) is 8.25. The van der Waals surface area contributed by atoms with Gasteiger partial charge in [-0.3, -0.25) is 0 Å². The third-order valence-corrected chi connectivity index (χ3v) is 2.62. The van der Waals surface area contributed by atoms with Crippen LogP contribution in [0.3, 0.4) is 0 Å². The molecule has 16 heavy (non-hydrogen) atoms. The summed E-state index contributed by atoms with van der Waals surface area (Å²) < 4.78 is 0. The van der Waals surface area contributed by atoms with Crippen molar-refractivity contribution >= 4 is 17.4 Å². The second-order valence-corrected chi connectivity index (χ2v) is 3.99. The molecule has 4 heteroatoms. The third-order valence-electron chi connectivity index (χ3n) is 2.28. The number of hydrogen-bond donors (Lipinski definition) is 1.